The van der Waals surface area contributed by atoms with Crippen LogP contribution in [0.5, 0.6) is 0 Å². The fourth-order valence-electron chi connectivity index (χ4n) is 0.856. The van der Waals surface area contributed by atoms with E-state index in [2.05, 4.69) is 0 Å². The lowest BCUT2D eigenvalue weighted by molar-refractivity contribution is -0.174. The van der Waals surface area contributed by atoms with Crippen molar-refractivity contribution in [1.82, 2.24) is 10.6 Å². The summed E-state index contributed by atoms with van der Waals surface area (Å²) in [6.07, 6.45) is -4.97. The summed E-state index contributed by atoms with van der Waals surface area (Å²) in [6.45, 7) is 1.15. The molecule has 3 N–H and O–H groups in total. The highest BCUT2D eigenvalue weighted by molar-refractivity contribution is 6.31. The van der Waals surface area contributed by atoms with Crippen molar-refractivity contribution in [2.45, 2.75) is 25.6 Å². The van der Waals surface area contributed by atoms with Crippen molar-refractivity contribution in [2.75, 3.05) is 6.54 Å². The standard InChI is InChI=1S/C8H11F3N2O4/c1-4(13-7(17)8(9,10)11)2-3-12-5(14)6(15)16/h4H,2-3H2,1H3,(H,12,14)(H,13,17)(H,15,16). The van der Waals surface area contributed by atoms with Crippen molar-refractivity contribution in [3.63, 3.8) is 0 Å². The first kappa shape index (κ1) is 15.2. The number of alkyl halides is 3. The van der Waals surface area contributed by atoms with Crippen LogP contribution in [0.25, 0.3) is 0 Å². The second-order valence-electron chi connectivity index (χ2n) is 3.22. The zero-order valence-electron chi connectivity index (χ0n) is 8.80. The molecule has 0 aliphatic heterocycles. The summed E-state index contributed by atoms with van der Waals surface area (Å²) in [4.78, 5) is 31.0. The Balaban J connectivity index is 3.89. The zero-order chi connectivity index (χ0) is 13.6. The number of halogens is 3. The number of carbonyl (C=O) groups is 3. The van der Waals surface area contributed by atoms with Gasteiger partial charge < -0.3 is 15.7 Å². The number of carbonyl (C=O) groups excluding carboxylic acids is 2. The third kappa shape index (κ3) is 6.38. The van der Waals surface area contributed by atoms with Crippen LogP contribution in [-0.2, 0) is 14.4 Å². The lowest BCUT2D eigenvalue weighted by atomic mass is 10.2. The summed E-state index contributed by atoms with van der Waals surface area (Å²) in [5.41, 5.74) is 0. The molecule has 0 aromatic carbocycles. The van der Waals surface area contributed by atoms with Gasteiger partial charge in [-0.1, -0.05) is 0 Å². The summed E-state index contributed by atoms with van der Waals surface area (Å²) in [7, 11) is 0. The van der Waals surface area contributed by atoms with E-state index in [9.17, 15) is 27.6 Å². The molecule has 0 aromatic heterocycles. The topological polar surface area (TPSA) is 95.5 Å². The average Bonchev–Trinajstić information content (AvgIpc) is 2.15. The monoisotopic (exact) mass is 256 g/mol. The van der Waals surface area contributed by atoms with Crippen molar-refractivity contribution in [1.29, 1.82) is 0 Å². The summed E-state index contributed by atoms with van der Waals surface area (Å²) in [5, 5.41) is 11.8. The van der Waals surface area contributed by atoms with Gasteiger partial charge in [0.2, 0.25) is 0 Å². The van der Waals surface area contributed by atoms with Crippen molar-refractivity contribution < 1.29 is 32.7 Å². The predicted octanol–water partition coefficient (Wildman–Crippen LogP) is -0.356. The summed E-state index contributed by atoms with van der Waals surface area (Å²) in [5.74, 6) is -5.01. The minimum Gasteiger partial charge on any atom is -0.474 e. The van der Waals surface area contributed by atoms with Crippen molar-refractivity contribution in [2.24, 2.45) is 0 Å². The first-order valence-corrected chi connectivity index (χ1v) is 4.53. The number of hydrogen-bond acceptors (Lipinski definition) is 3. The molecule has 1 unspecified atom stereocenters. The van der Waals surface area contributed by atoms with Gasteiger partial charge >= 0.3 is 24.0 Å². The van der Waals surface area contributed by atoms with Crippen LogP contribution in [0.3, 0.4) is 0 Å². The van der Waals surface area contributed by atoms with Crippen molar-refractivity contribution in [3.8, 4) is 0 Å². The number of carboxylic acids is 1. The first-order chi connectivity index (χ1) is 7.64. The molecule has 0 spiro atoms. The van der Waals surface area contributed by atoms with Gasteiger partial charge in [-0.15, -0.1) is 0 Å². The highest BCUT2D eigenvalue weighted by Gasteiger charge is 2.39. The molecule has 0 radical (unpaired) electrons. The van der Waals surface area contributed by atoms with Crippen LogP contribution in [0.4, 0.5) is 13.2 Å². The third-order valence-electron chi connectivity index (χ3n) is 1.69. The number of nitrogens with one attached hydrogen (secondary N) is 2. The van der Waals surface area contributed by atoms with Gasteiger partial charge in [0, 0.05) is 12.6 Å². The Hall–Kier alpha value is -1.80. The Morgan fingerprint density at radius 1 is 1.29 bits per heavy atom. The Morgan fingerprint density at radius 3 is 2.24 bits per heavy atom. The third-order valence-corrected chi connectivity index (χ3v) is 1.69. The fourth-order valence-corrected chi connectivity index (χ4v) is 0.856. The largest absolute Gasteiger partial charge is 0.474 e. The maximum absolute atomic E-state index is 11.8. The molecule has 0 heterocycles. The Morgan fingerprint density at radius 2 is 1.82 bits per heavy atom. The van der Waals surface area contributed by atoms with Gasteiger partial charge in [-0.25, -0.2) is 4.79 Å². The quantitative estimate of drug-likeness (QED) is 0.599. The molecule has 17 heavy (non-hydrogen) atoms. The lowest BCUT2D eigenvalue weighted by Gasteiger charge is -2.14. The van der Waals surface area contributed by atoms with Gasteiger partial charge in [-0.2, -0.15) is 13.2 Å². The van der Waals surface area contributed by atoms with Crippen LogP contribution in [0.2, 0.25) is 0 Å². The van der Waals surface area contributed by atoms with Crippen molar-refractivity contribution in [3.05, 3.63) is 0 Å². The second-order valence-corrected chi connectivity index (χ2v) is 3.22. The molecule has 1 atom stereocenters. The molecule has 98 valence electrons. The van der Waals surface area contributed by atoms with Crippen LogP contribution in [0, 0.1) is 0 Å². The molecule has 2 amide bonds. The van der Waals surface area contributed by atoms with Gasteiger partial charge in [-0.05, 0) is 13.3 Å². The van der Waals surface area contributed by atoms with E-state index in [-0.39, 0.29) is 13.0 Å². The first-order valence-electron chi connectivity index (χ1n) is 4.53. The van der Waals surface area contributed by atoms with Crippen LogP contribution in [0.15, 0.2) is 0 Å². The maximum Gasteiger partial charge on any atom is 0.471 e. The second kappa shape index (κ2) is 6.06. The van der Waals surface area contributed by atoms with Gasteiger partial charge in [0.25, 0.3) is 0 Å². The molecule has 0 rings (SSSR count). The number of carboxylic acid groups (broad SMARTS) is 1. The number of rotatable bonds is 4. The molecule has 0 aromatic rings. The predicted molar refractivity (Wildman–Crippen MR) is 48.9 cm³/mol. The molecule has 6 nitrogen and oxygen atoms in total. The van der Waals surface area contributed by atoms with Crippen LogP contribution in [0.1, 0.15) is 13.3 Å². The van der Waals surface area contributed by atoms with Crippen molar-refractivity contribution >= 4 is 17.8 Å². The van der Waals surface area contributed by atoms with E-state index in [0.29, 0.717) is 0 Å². The molecule has 0 aliphatic carbocycles. The SMILES string of the molecule is CC(CCNC(=O)C(=O)O)NC(=O)C(F)(F)F. The molecular weight excluding hydrogens is 245 g/mol. The lowest BCUT2D eigenvalue weighted by Crippen LogP contribution is -2.43. The molecule has 0 saturated carbocycles. The Labute approximate surface area is 94.2 Å². The van der Waals surface area contributed by atoms with E-state index >= 15 is 0 Å². The number of amides is 2. The molecule has 0 saturated heterocycles. The van der Waals surface area contributed by atoms with E-state index in [1.54, 1.807) is 5.32 Å². The van der Waals surface area contributed by atoms with Gasteiger partial charge in [0.1, 0.15) is 0 Å². The van der Waals surface area contributed by atoms with E-state index in [1.165, 1.54) is 6.92 Å². The molecular formula is C8H11F3N2O4. The normalized spacial score (nSPS) is 12.7. The van der Waals surface area contributed by atoms with Gasteiger partial charge in [0.15, 0.2) is 0 Å². The summed E-state index contributed by atoms with van der Waals surface area (Å²) < 4.78 is 35.4. The Kier molecular flexibility index (Phi) is 5.42. The zero-order valence-corrected chi connectivity index (χ0v) is 8.80. The number of aliphatic carboxylic acids is 1. The summed E-state index contributed by atoms with van der Waals surface area (Å²) in [6, 6.07) is -0.835. The van der Waals surface area contributed by atoms with Gasteiger partial charge in [0.05, 0.1) is 0 Å². The Bertz CT molecular complexity index is 316. The van der Waals surface area contributed by atoms with Crippen LogP contribution < -0.4 is 10.6 Å². The van der Waals surface area contributed by atoms with E-state index in [0.717, 1.165) is 0 Å². The highest BCUT2D eigenvalue weighted by Crippen LogP contribution is 2.14. The van der Waals surface area contributed by atoms with E-state index in [1.807, 2.05) is 5.32 Å². The smallest absolute Gasteiger partial charge is 0.471 e. The van der Waals surface area contributed by atoms with E-state index < -0.39 is 30.0 Å². The summed E-state index contributed by atoms with van der Waals surface area (Å²) >= 11 is 0. The average molecular weight is 256 g/mol. The molecule has 0 bridgehead atoms. The maximum atomic E-state index is 11.8. The minimum atomic E-state index is -4.96. The van der Waals surface area contributed by atoms with Crippen LogP contribution in [-0.4, -0.2) is 41.7 Å². The van der Waals surface area contributed by atoms with E-state index in [4.69, 9.17) is 5.11 Å². The molecule has 0 aliphatic rings. The van der Waals surface area contributed by atoms with Crippen LogP contribution >= 0.6 is 0 Å². The number of hydrogen-bond donors (Lipinski definition) is 3. The molecule has 9 heteroatoms. The molecule has 0 fully saturated rings. The fraction of sp³-hybridized carbons (Fsp3) is 0.625. The minimum absolute atomic E-state index is 0.0131. The van der Waals surface area contributed by atoms with Gasteiger partial charge in [-0.3, -0.25) is 9.59 Å². The highest BCUT2D eigenvalue weighted by atomic mass is 19.4.